The van der Waals surface area contributed by atoms with E-state index in [4.69, 9.17) is 4.74 Å². The van der Waals surface area contributed by atoms with Crippen molar-refractivity contribution in [3.8, 4) is 0 Å². The highest BCUT2D eigenvalue weighted by atomic mass is 16.5. The molecule has 0 heterocycles. The van der Waals surface area contributed by atoms with Gasteiger partial charge in [-0.05, 0) is 26.7 Å². The molecule has 0 aliphatic carbocycles. The summed E-state index contributed by atoms with van der Waals surface area (Å²) in [5.41, 5.74) is 0. The molecule has 98 valence electrons. The molecule has 17 heavy (non-hydrogen) atoms. The monoisotopic (exact) mass is 244 g/mol. The van der Waals surface area contributed by atoms with Gasteiger partial charge in [0.05, 0.1) is 13.2 Å². The van der Waals surface area contributed by atoms with E-state index in [2.05, 4.69) is 4.74 Å². The molecule has 0 rings (SSSR count). The van der Waals surface area contributed by atoms with Crippen LogP contribution in [0.15, 0.2) is 0 Å². The summed E-state index contributed by atoms with van der Waals surface area (Å²) in [5.74, 6) is -0.921. The summed E-state index contributed by atoms with van der Waals surface area (Å²) in [6.45, 7) is 3.47. The minimum atomic E-state index is -0.488. The van der Waals surface area contributed by atoms with E-state index in [9.17, 15) is 14.4 Å². The molecule has 0 aliphatic rings. The molecule has 0 unspecified atom stereocenters. The van der Waals surface area contributed by atoms with Gasteiger partial charge in [-0.15, -0.1) is 0 Å². The van der Waals surface area contributed by atoms with Gasteiger partial charge in [-0.2, -0.15) is 0 Å². The second-order valence-electron chi connectivity index (χ2n) is 4.04. The Labute approximate surface area is 101 Å². The predicted molar refractivity (Wildman–Crippen MR) is 61.3 cm³/mol. The lowest BCUT2D eigenvalue weighted by Gasteiger charge is -2.06. The lowest BCUT2D eigenvalue weighted by Crippen LogP contribution is -2.15. The third-order valence-corrected chi connectivity index (χ3v) is 2.02. The number of unbranched alkanes of at least 4 members (excludes halogenated alkanes) is 1. The van der Waals surface area contributed by atoms with E-state index in [1.165, 1.54) is 7.11 Å². The highest BCUT2D eigenvalue weighted by Gasteiger charge is 2.12. The summed E-state index contributed by atoms with van der Waals surface area (Å²) in [7, 11) is 1.33. The van der Waals surface area contributed by atoms with Gasteiger partial charge < -0.3 is 9.47 Å². The lowest BCUT2D eigenvalue weighted by atomic mass is 10.1. The van der Waals surface area contributed by atoms with Crippen molar-refractivity contribution in [1.82, 2.24) is 0 Å². The van der Waals surface area contributed by atoms with E-state index >= 15 is 0 Å². The summed E-state index contributed by atoms with van der Waals surface area (Å²) >= 11 is 0. The maximum absolute atomic E-state index is 11.3. The first-order valence-electron chi connectivity index (χ1n) is 5.73. The molecular weight excluding hydrogens is 224 g/mol. The zero-order valence-corrected chi connectivity index (χ0v) is 10.7. The number of Topliss-reactive ketones (excluding diaryl/α,β-unsaturated/α-hetero) is 1. The Morgan fingerprint density at radius 2 is 1.59 bits per heavy atom. The number of hydrogen-bond acceptors (Lipinski definition) is 5. The standard InChI is InChI=1S/C12H20O5/c1-9(2)17-12(15)8-10(13)6-4-5-7-11(14)16-3/h9H,4-8H2,1-3H3. The molecule has 0 aromatic rings. The van der Waals surface area contributed by atoms with E-state index in [1.807, 2.05) is 0 Å². The Morgan fingerprint density at radius 3 is 2.12 bits per heavy atom. The second kappa shape index (κ2) is 8.73. The minimum Gasteiger partial charge on any atom is -0.469 e. The number of ether oxygens (including phenoxy) is 2. The van der Waals surface area contributed by atoms with Crippen LogP contribution in [0, 0.1) is 0 Å². The SMILES string of the molecule is COC(=O)CCCCC(=O)CC(=O)OC(C)C. The van der Waals surface area contributed by atoms with Crippen LogP contribution in [0.2, 0.25) is 0 Å². The molecule has 0 aromatic heterocycles. The predicted octanol–water partition coefficient (Wildman–Crippen LogP) is 1.63. The van der Waals surface area contributed by atoms with Gasteiger partial charge in [0, 0.05) is 12.8 Å². The number of esters is 2. The maximum atomic E-state index is 11.3. The zero-order valence-electron chi connectivity index (χ0n) is 10.7. The van der Waals surface area contributed by atoms with E-state index in [0.717, 1.165) is 0 Å². The fraction of sp³-hybridized carbons (Fsp3) is 0.750. The molecule has 5 nitrogen and oxygen atoms in total. The molecule has 5 heteroatoms. The quantitative estimate of drug-likeness (QED) is 0.369. The number of ketones is 1. The Balaban J connectivity index is 3.59. The van der Waals surface area contributed by atoms with Gasteiger partial charge in [0.1, 0.15) is 12.2 Å². The van der Waals surface area contributed by atoms with Crippen LogP contribution >= 0.6 is 0 Å². The van der Waals surface area contributed by atoms with Crippen LogP contribution in [0.1, 0.15) is 46.0 Å². The summed E-state index contributed by atoms with van der Waals surface area (Å²) in [5, 5.41) is 0. The average molecular weight is 244 g/mol. The topological polar surface area (TPSA) is 69.7 Å². The van der Waals surface area contributed by atoms with Crippen LogP contribution in [0.5, 0.6) is 0 Å². The zero-order chi connectivity index (χ0) is 13.3. The smallest absolute Gasteiger partial charge is 0.313 e. The molecule has 0 spiro atoms. The van der Waals surface area contributed by atoms with Crippen molar-refractivity contribution in [2.75, 3.05) is 7.11 Å². The maximum Gasteiger partial charge on any atom is 0.313 e. The Hall–Kier alpha value is -1.39. The molecule has 0 radical (unpaired) electrons. The van der Waals surface area contributed by atoms with Gasteiger partial charge in [-0.1, -0.05) is 0 Å². The molecule has 0 saturated carbocycles. The summed E-state index contributed by atoms with van der Waals surface area (Å²) < 4.78 is 9.32. The van der Waals surface area contributed by atoms with Crippen molar-refractivity contribution < 1.29 is 23.9 Å². The normalized spacial score (nSPS) is 10.1. The van der Waals surface area contributed by atoms with Gasteiger partial charge in [0.25, 0.3) is 0 Å². The van der Waals surface area contributed by atoms with Gasteiger partial charge in [0.15, 0.2) is 0 Å². The molecular formula is C12H20O5. The van der Waals surface area contributed by atoms with Crippen LogP contribution in [0.25, 0.3) is 0 Å². The average Bonchev–Trinajstić information content (AvgIpc) is 2.22. The number of methoxy groups -OCH3 is 1. The third-order valence-electron chi connectivity index (χ3n) is 2.02. The molecule has 0 aliphatic heterocycles. The first kappa shape index (κ1) is 15.6. The van der Waals surface area contributed by atoms with Crippen LogP contribution in [-0.4, -0.2) is 30.9 Å². The highest BCUT2D eigenvalue weighted by molar-refractivity contribution is 5.95. The van der Waals surface area contributed by atoms with Crippen molar-refractivity contribution in [3.63, 3.8) is 0 Å². The van der Waals surface area contributed by atoms with Crippen molar-refractivity contribution in [2.24, 2.45) is 0 Å². The van der Waals surface area contributed by atoms with Crippen LogP contribution in [0.3, 0.4) is 0 Å². The highest BCUT2D eigenvalue weighted by Crippen LogP contribution is 2.04. The van der Waals surface area contributed by atoms with Crippen molar-refractivity contribution in [1.29, 1.82) is 0 Å². The Kier molecular flexibility index (Phi) is 8.01. The van der Waals surface area contributed by atoms with Gasteiger partial charge in [0.2, 0.25) is 0 Å². The third kappa shape index (κ3) is 9.53. The minimum absolute atomic E-state index is 0.152. The molecule has 0 aromatic carbocycles. The number of carbonyl (C=O) groups is 3. The molecule has 0 bridgehead atoms. The second-order valence-corrected chi connectivity index (χ2v) is 4.04. The van der Waals surface area contributed by atoms with Crippen LogP contribution < -0.4 is 0 Å². The molecule has 0 atom stereocenters. The van der Waals surface area contributed by atoms with E-state index in [0.29, 0.717) is 25.7 Å². The molecule has 0 fully saturated rings. The van der Waals surface area contributed by atoms with E-state index in [-0.39, 0.29) is 24.3 Å². The van der Waals surface area contributed by atoms with Crippen molar-refractivity contribution >= 4 is 17.7 Å². The van der Waals surface area contributed by atoms with Crippen molar-refractivity contribution in [3.05, 3.63) is 0 Å². The van der Waals surface area contributed by atoms with Crippen LogP contribution in [-0.2, 0) is 23.9 Å². The summed E-state index contributed by atoms with van der Waals surface area (Å²) in [6.07, 6.45) is 1.40. The number of rotatable bonds is 8. The van der Waals surface area contributed by atoms with Crippen molar-refractivity contribution in [2.45, 2.75) is 52.1 Å². The first-order chi connectivity index (χ1) is 7.95. The Morgan fingerprint density at radius 1 is 1.00 bits per heavy atom. The molecule has 0 N–H and O–H groups in total. The lowest BCUT2D eigenvalue weighted by molar-refractivity contribution is -0.149. The summed E-state index contributed by atoms with van der Waals surface area (Å²) in [4.78, 5) is 33.2. The summed E-state index contributed by atoms with van der Waals surface area (Å²) in [6, 6.07) is 0. The van der Waals surface area contributed by atoms with Gasteiger partial charge in [-0.3, -0.25) is 14.4 Å². The molecule has 0 saturated heterocycles. The fourth-order valence-electron chi connectivity index (χ4n) is 1.25. The number of carbonyl (C=O) groups excluding carboxylic acids is 3. The molecule has 0 amide bonds. The Bertz CT molecular complexity index is 270. The van der Waals surface area contributed by atoms with Gasteiger partial charge >= 0.3 is 11.9 Å². The van der Waals surface area contributed by atoms with E-state index in [1.54, 1.807) is 13.8 Å². The van der Waals surface area contributed by atoms with Crippen LogP contribution in [0.4, 0.5) is 0 Å². The first-order valence-corrected chi connectivity index (χ1v) is 5.73. The number of hydrogen-bond donors (Lipinski definition) is 0. The van der Waals surface area contributed by atoms with Gasteiger partial charge in [-0.25, -0.2) is 0 Å². The largest absolute Gasteiger partial charge is 0.469 e. The van der Waals surface area contributed by atoms with E-state index < -0.39 is 5.97 Å². The fourth-order valence-corrected chi connectivity index (χ4v) is 1.25.